The maximum absolute atomic E-state index is 13.5. The molecule has 0 aromatic heterocycles. The molecule has 2 rings (SSSR count). The number of hydrogen-bond acceptors (Lipinski definition) is 3. The highest BCUT2D eigenvalue weighted by molar-refractivity contribution is 5.62. The summed E-state index contributed by atoms with van der Waals surface area (Å²) in [5.41, 5.74) is -0.624. The van der Waals surface area contributed by atoms with Crippen molar-refractivity contribution in [3.63, 3.8) is 0 Å². The van der Waals surface area contributed by atoms with Crippen molar-refractivity contribution in [3.8, 4) is 0 Å². The van der Waals surface area contributed by atoms with Crippen LogP contribution in [-0.4, -0.2) is 11.5 Å². The number of nitrogens with one attached hydrogen (secondary N) is 1. The molecule has 0 aliphatic heterocycles. The minimum Gasteiger partial charge on any atom is -0.377 e. The van der Waals surface area contributed by atoms with Crippen LogP contribution in [0.3, 0.4) is 0 Å². The van der Waals surface area contributed by atoms with Crippen LogP contribution in [0.15, 0.2) is 12.1 Å². The van der Waals surface area contributed by atoms with Crippen LogP contribution in [0.2, 0.25) is 0 Å². The second kappa shape index (κ2) is 4.19. The average molecular weight is 256 g/mol. The Hall–Kier alpha value is -1.72. The molecule has 1 atom stereocenters. The van der Waals surface area contributed by atoms with Gasteiger partial charge in [-0.25, -0.2) is 8.78 Å². The van der Waals surface area contributed by atoms with Crippen molar-refractivity contribution < 1.29 is 13.7 Å². The zero-order valence-electron chi connectivity index (χ0n) is 10.2. The van der Waals surface area contributed by atoms with Crippen LogP contribution in [0.1, 0.15) is 20.3 Å². The third-order valence-corrected chi connectivity index (χ3v) is 3.51. The average Bonchev–Trinajstić information content (AvgIpc) is 2.88. The molecule has 4 nitrogen and oxygen atoms in total. The predicted octanol–water partition coefficient (Wildman–Crippen LogP) is 3.33. The first kappa shape index (κ1) is 12.7. The molecular formula is C12H14F2N2O2. The minimum atomic E-state index is -1.19. The molecule has 1 N–H and O–H groups in total. The van der Waals surface area contributed by atoms with E-state index in [1.807, 2.05) is 0 Å². The lowest BCUT2D eigenvalue weighted by Gasteiger charge is -2.09. The minimum absolute atomic E-state index is 0.172. The van der Waals surface area contributed by atoms with Crippen LogP contribution in [-0.2, 0) is 0 Å². The van der Waals surface area contributed by atoms with Crippen LogP contribution in [0, 0.1) is 33.1 Å². The Labute approximate surface area is 103 Å². The van der Waals surface area contributed by atoms with Crippen LogP contribution < -0.4 is 5.32 Å². The van der Waals surface area contributed by atoms with E-state index in [0.29, 0.717) is 12.5 Å². The molecule has 1 unspecified atom stereocenters. The van der Waals surface area contributed by atoms with Crippen molar-refractivity contribution in [3.05, 3.63) is 33.9 Å². The number of hydrogen-bond donors (Lipinski definition) is 1. The quantitative estimate of drug-likeness (QED) is 0.664. The highest BCUT2D eigenvalue weighted by Crippen LogP contribution is 2.51. The highest BCUT2D eigenvalue weighted by atomic mass is 19.2. The fourth-order valence-corrected chi connectivity index (χ4v) is 2.01. The fraction of sp³-hybridized carbons (Fsp3) is 0.500. The molecular weight excluding hydrogens is 242 g/mol. The van der Waals surface area contributed by atoms with Gasteiger partial charge in [0.2, 0.25) is 0 Å². The van der Waals surface area contributed by atoms with Crippen LogP contribution in [0.25, 0.3) is 0 Å². The summed E-state index contributed by atoms with van der Waals surface area (Å²) in [5.74, 6) is -1.94. The monoisotopic (exact) mass is 256 g/mol. The van der Waals surface area contributed by atoms with Gasteiger partial charge in [0.05, 0.1) is 4.92 Å². The zero-order chi connectivity index (χ0) is 13.5. The van der Waals surface area contributed by atoms with Crippen molar-refractivity contribution >= 4 is 11.4 Å². The Kier molecular flexibility index (Phi) is 2.96. The first-order valence-corrected chi connectivity index (χ1v) is 5.69. The molecule has 0 amide bonds. The van der Waals surface area contributed by atoms with Gasteiger partial charge in [0.25, 0.3) is 5.69 Å². The first-order chi connectivity index (χ1) is 8.33. The Morgan fingerprint density at radius 2 is 2.11 bits per heavy atom. The van der Waals surface area contributed by atoms with E-state index in [1.54, 1.807) is 0 Å². The number of rotatable bonds is 4. The number of nitrogens with zero attached hydrogens (tertiary/aromatic N) is 1. The Morgan fingerprint density at radius 1 is 1.50 bits per heavy atom. The second-order valence-corrected chi connectivity index (χ2v) is 5.28. The highest BCUT2D eigenvalue weighted by Gasteiger charge is 2.45. The Bertz CT molecular complexity index is 503. The lowest BCUT2D eigenvalue weighted by molar-refractivity contribution is -0.384. The Balaban J connectivity index is 2.20. The van der Waals surface area contributed by atoms with Gasteiger partial charge in [-0.1, -0.05) is 13.8 Å². The van der Waals surface area contributed by atoms with E-state index in [1.165, 1.54) is 0 Å². The van der Waals surface area contributed by atoms with Crippen LogP contribution in [0.4, 0.5) is 20.2 Å². The molecule has 6 heteroatoms. The van der Waals surface area contributed by atoms with E-state index in [9.17, 15) is 18.9 Å². The maximum Gasteiger partial charge on any atom is 0.295 e. The number of benzene rings is 1. The van der Waals surface area contributed by atoms with Crippen molar-refractivity contribution in [2.45, 2.75) is 20.3 Å². The second-order valence-electron chi connectivity index (χ2n) is 5.28. The molecule has 1 aromatic carbocycles. The Morgan fingerprint density at radius 3 is 2.61 bits per heavy atom. The standard InChI is InChI=1S/C12H14F2N2O2/c1-12(2)5-7(12)6-15-11-9(16(17)18)4-3-8(13)10(11)14/h3-4,7,15H,5-6H2,1-2H3. The third kappa shape index (κ3) is 2.27. The summed E-state index contributed by atoms with van der Waals surface area (Å²) in [4.78, 5) is 10.0. The first-order valence-electron chi connectivity index (χ1n) is 5.69. The van der Waals surface area contributed by atoms with Gasteiger partial charge >= 0.3 is 0 Å². The summed E-state index contributed by atoms with van der Waals surface area (Å²) in [6, 6.07) is 1.73. The molecule has 18 heavy (non-hydrogen) atoms. The lowest BCUT2D eigenvalue weighted by Crippen LogP contribution is -2.11. The van der Waals surface area contributed by atoms with Gasteiger partial charge in [0.1, 0.15) is 0 Å². The molecule has 1 aromatic rings. The van der Waals surface area contributed by atoms with Gasteiger partial charge in [-0.2, -0.15) is 0 Å². The predicted molar refractivity (Wildman–Crippen MR) is 63.4 cm³/mol. The molecule has 0 bridgehead atoms. The van der Waals surface area contributed by atoms with Gasteiger partial charge in [0, 0.05) is 12.6 Å². The molecule has 98 valence electrons. The van der Waals surface area contributed by atoms with E-state index in [-0.39, 0.29) is 11.1 Å². The van der Waals surface area contributed by atoms with Gasteiger partial charge in [-0.05, 0) is 23.8 Å². The van der Waals surface area contributed by atoms with E-state index in [4.69, 9.17) is 0 Å². The van der Waals surface area contributed by atoms with Crippen molar-refractivity contribution in [2.24, 2.45) is 11.3 Å². The summed E-state index contributed by atoms with van der Waals surface area (Å²) in [6.45, 7) is 4.54. The molecule has 0 radical (unpaired) electrons. The smallest absolute Gasteiger partial charge is 0.295 e. The number of halogens is 2. The zero-order valence-corrected chi connectivity index (χ0v) is 10.2. The van der Waals surface area contributed by atoms with E-state index >= 15 is 0 Å². The largest absolute Gasteiger partial charge is 0.377 e. The third-order valence-electron chi connectivity index (χ3n) is 3.51. The summed E-state index contributed by atoms with van der Waals surface area (Å²) < 4.78 is 26.6. The van der Waals surface area contributed by atoms with Crippen molar-refractivity contribution in [2.75, 3.05) is 11.9 Å². The summed E-state index contributed by atoms with van der Waals surface area (Å²) in [6.07, 6.45) is 0.977. The van der Waals surface area contributed by atoms with Gasteiger partial charge in [-0.15, -0.1) is 0 Å². The normalized spacial score (nSPS) is 20.6. The van der Waals surface area contributed by atoms with Gasteiger partial charge in [-0.3, -0.25) is 10.1 Å². The summed E-state index contributed by atoms with van der Waals surface area (Å²) >= 11 is 0. The molecule has 1 aliphatic carbocycles. The number of nitro groups is 1. The SMILES string of the molecule is CC1(C)CC1CNc1c([N+](=O)[O-])ccc(F)c1F. The summed E-state index contributed by atoms with van der Waals surface area (Å²) in [7, 11) is 0. The van der Waals surface area contributed by atoms with E-state index in [2.05, 4.69) is 19.2 Å². The number of anilines is 1. The topological polar surface area (TPSA) is 55.2 Å². The maximum atomic E-state index is 13.5. The molecule has 0 heterocycles. The molecule has 0 spiro atoms. The van der Waals surface area contributed by atoms with Crippen LogP contribution in [0.5, 0.6) is 0 Å². The van der Waals surface area contributed by atoms with Crippen LogP contribution >= 0.6 is 0 Å². The van der Waals surface area contributed by atoms with E-state index in [0.717, 1.165) is 18.6 Å². The summed E-state index contributed by atoms with van der Waals surface area (Å²) in [5, 5.41) is 13.4. The molecule has 1 fully saturated rings. The lowest BCUT2D eigenvalue weighted by atomic mass is 10.1. The fourth-order valence-electron chi connectivity index (χ4n) is 2.01. The molecule has 0 saturated heterocycles. The number of nitro benzene ring substituents is 1. The molecule has 1 aliphatic rings. The molecule has 1 saturated carbocycles. The van der Waals surface area contributed by atoms with Gasteiger partial charge < -0.3 is 5.32 Å². The van der Waals surface area contributed by atoms with Crippen molar-refractivity contribution in [1.82, 2.24) is 0 Å². The van der Waals surface area contributed by atoms with Gasteiger partial charge in [0.15, 0.2) is 17.3 Å². The van der Waals surface area contributed by atoms with Crippen molar-refractivity contribution in [1.29, 1.82) is 0 Å². The van der Waals surface area contributed by atoms with E-state index < -0.39 is 22.2 Å².